The maximum Gasteiger partial charge on any atom is 0.165 e. The first-order valence-electron chi connectivity index (χ1n) is 10.4. The van der Waals surface area contributed by atoms with Gasteiger partial charge in [0.25, 0.3) is 0 Å². The van der Waals surface area contributed by atoms with Gasteiger partial charge >= 0.3 is 0 Å². The van der Waals surface area contributed by atoms with E-state index in [9.17, 15) is 0 Å². The van der Waals surface area contributed by atoms with Crippen molar-refractivity contribution < 1.29 is 0 Å². The molecule has 6 nitrogen and oxygen atoms in total. The minimum atomic E-state index is 0.373. The maximum atomic E-state index is 6.52. The van der Waals surface area contributed by atoms with E-state index in [1.54, 1.807) is 4.52 Å². The van der Waals surface area contributed by atoms with Crippen LogP contribution in [0.5, 0.6) is 0 Å². The van der Waals surface area contributed by atoms with Crippen LogP contribution in [0.25, 0.3) is 33.7 Å². The molecule has 0 aromatic carbocycles. The van der Waals surface area contributed by atoms with E-state index in [2.05, 4.69) is 53.7 Å². The number of nitrogens with one attached hydrogen (secondary N) is 1. The molecule has 0 aliphatic carbocycles. The van der Waals surface area contributed by atoms with Crippen LogP contribution < -0.4 is 5.73 Å². The van der Waals surface area contributed by atoms with Gasteiger partial charge in [-0.15, -0.1) is 0 Å². The summed E-state index contributed by atoms with van der Waals surface area (Å²) >= 11 is 0. The fraction of sp³-hybridized carbons (Fsp3) is 0.304. The second-order valence-electron chi connectivity index (χ2n) is 7.49. The Bertz CT molecular complexity index is 1140. The van der Waals surface area contributed by atoms with Crippen LogP contribution in [0.4, 0.5) is 5.82 Å². The summed E-state index contributed by atoms with van der Waals surface area (Å²) in [5, 5.41) is 12.7. The van der Waals surface area contributed by atoms with E-state index in [0.717, 1.165) is 67.5 Å². The molecule has 0 saturated heterocycles. The molecule has 154 valence electrons. The third-order valence-corrected chi connectivity index (χ3v) is 6.58. The molecule has 30 heavy (non-hydrogen) atoms. The highest BCUT2D eigenvalue weighted by atomic mass is 31.0. The van der Waals surface area contributed by atoms with Crippen molar-refractivity contribution in [1.82, 2.24) is 24.8 Å². The predicted octanol–water partition coefficient (Wildman–Crippen LogP) is 6.28. The van der Waals surface area contributed by atoms with E-state index in [1.165, 1.54) is 5.30 Å². The van der Waals surface area contributed by atoms with Crippen LogP contribution in [0.3, 0.4) is 0 Å². The average Bonchev–Trinajstić information content (AvgIpc) is 3.44. The van der Waals surface area contributed by atoms with Crippen molar-refractivity contribution in [3.8, 4) is 22.0 Å². The van der Waals surface area contributed by atoms with Crippen LogP contribution in [0.2, 0.25) is 0 Å². The van der Waals surface area contributed by atoms with E-state index < -0.39 is 0 Å². The van der Waals surface area contributed by atoms with Gasteiger partial charge in [0.1, 0.15) is 5.82 Å². The van der Waals surface area contributed by atoms with Gasteiger partial charge in [0.05, 0.1) is 18.1 Å². The van der Waals surface area contributed by atoms with Crippen molar-refractivity contribution in [3.05, 3.63) is 54.4 Å². The molecule has 0 amide bonds. The molecule has 7 heteroatoms. The van der Waals surface area contributed by atoms with Crippen LogP contribution in [0.1, 0.15) is 56.7 Å². The monoisotopic (exact) mass is 418 g/mol. The number of H-pyrrole nitrogens is 1. The SMILES string of the molecule is C=Cc1c(C(CCC)CCC)nc2c(-c3ccc(-c4cn[nH]c4)pc3)cnn2c1N. The zero-order valence-electron chi connectivity index (χ0n) is 17.5. The summed E-state index contributed by atoms with van der Waals surface area (Å²) in [5.41, 5.74) is 12.5. The number of nitrogen functional groups attached to an aromatic ring is 1. The Morgan fingerprint density at radius 2 is 2.00 bits per heavy atom. The van der Waals surface area contributed by atoms with Crippen molar-refractivity contribution in [2.75, 3.05) is 5.73 Å². The van der Waals surface area contributed by atoms with E-state index in [-0.39, 0.29) is 0 Å². The zero-order chi connectivity index (χ0) is 21.1. The molecule has 3 N–H and O–H groups in total. The van der Waals surface area contributed by atoms with Crippen LogP contribution >= 0.6 is 8.19 Å². The normalized spacial score (nSPS) is 11.7. The van der Waals surface area contributed by atoms with Gasteiger partial charge in [-0.1, -0.05) is 53.6 Å². The number of rotatable bonds is 8. The van der Waals surface area contributed by atoms with Crippen molar-refractivity contribution in [2.45, 2.75) is 45.4 Å². The first kappa shape index (κ1) is 20.3. The highest BCUT2D eigenvalue weighted by Crippen LogP contribution is 2.36. The van der Waals surface area contributed by atoms with Gasteiger partial charge in [-0.05, 0) is 30.3 Å². The highest BCUT2D eigenvalue weighted by molar-refractivity contribution is 7.33. The zero-order valence-corrected chi connectivity index (χ0v) is 18.4. The first-order chi connectivity index (χ1) is 14.7. The fourth-order valence-corrected chi connectivity index (χ4v) is 4.93. The molecule has 4 aromatic heterocycles. The molecule has 0 unspecified atom stereocenters. The third kappa shape index (κ3) is 3.63. The molecule has 4 aromatic rings. The predicted molar refractivity (Wildman–Crippen MR) is 126 cm³/mol. The molecule has 4 rings (SSSR count). The minimum absolute atomic E-state index is 0.373. The molecule has 0 aliphatic rings. The summed E-state index contributed by atoms with van der Waals surface area (Å²) in [4.78, 5) is 5.10. The number of hydrogen-bond donors (Lipinski definition) is 2. The third-order valence-electron chi connectivity index (χ3n) is 5.48. The molecule has 0 radical (unpaired) electrons. The van der Waals surface area contributed by atoms with Crippen LogP contribution in [-0.2, 0) is 0 Å². The Morgan fingerprint density at radius 3 is 2.60 bits per heavy atom. The summed E-state index contributed by atoms with van der Waals surface area (Å²) in [6.45, 7) is 8.43. The van der Waals surface area contributed by atoms with Gasteiger partial charge in [0, 0.05) is 34.1 Å². The van der Waals surface area contributed by atoms with Crippen LogP contribution in [0, 0.1) is 0 Å². The number of nitrogens with zero attached hydrogens (tertiary/aromatic N) is 4. The maximum absolute atomic E-state index is 6.52. The number of nitrogens with two attached hydrogens (primary N) is 1. The Kier molecular flexibility index (Phi) is 5.96. The summed E-state index contributed by atoms with van der Waals surface area (Å²) in [5.74, 6) is 3.17. The molecular weight excluding hydrogens is 391 g/mol. The summed E-state index contributed by atoms with van der Waals surface area (Å²) in [6.07, 6.45) is 11.8. The Morgan fingerprint density at radius 1 is 1.20 bits per heavy atom. The quantitative estimate of drug-likeness (QED) is 0.353. The lowest BCUT2D eigenvalue weighted by molar-refractivity contribution is 0.547. The molecule has 0 atom stereocenters. The lowest BCUT2D eigenvalue weighted by atomic mass is 9.91. The van der Waals surface area contributed by atoms with Gasteiger partial charge in [0.2, 0.25) is 0 Å². The smallest absolute Gasteiger partial charge is 0.165 e. The summed E-state index contributed by atoms with van der Waals surface area (Å²) in [7, 11) is 1.11. The van der Waals surface area contributed by atoms with Crippen molar-refractivity contribution in [3.63, 3.8) is 0 Å². The Hall–Kier alpha value is -2.98. The van der Waals surface area contributed by atoms with Gasteiger partial charge < -0.3 is 5.73 Å². The Balaban J connectivity index is 1.83. The van der Waals surface area contributed by atoms with Gasteiger partial charge in [-0.3, -0.25) is 5.10 Å². The number of fused-ring (bicyclic) bond motifs is 1. The van der Waals surface area contributed by atoms with E-state index in [1.807, 2.05) is 24.7 Å². The largest absolute Gasteiger partial charge is 0.383 e. The van der Waals surface area contributed by atoms with E-state index in [0.29, 0.717) is 11.7 Å². The Labute approximate surface area is 178 Å². The fourth-order valence-electron chi connectivity index (χ4n) is 4.00. The van der Waals surface area contributed by atoms with Crippen LogP contribution in [-0.4, -0.2) is 24.8 Å². The molecule has 4 heterocycles. The van der Waals surface area contributed by atoms with Crippen molar-refractivity contribution in [2.24, 2.45) is 0 Å². The number of aromatic nitrogens is 5. The molecule has 0 saturated carbocycles. The molecule has 0 fully saturated rings. The molecular formula is C23H27N6P. The minimum Gasteiger partial charge on any atom is -0.383 e. The van der Waals surface area contributed by atoms with Crippen LogP contribution in [0.15, 0.2) is 43.1 Å². The molecule has 0 aliphatic heterocycles. The summed E-state index contributed by atoms with van der Waals surface area (Å²) < 4.78 is 1.74. The van der Waals surface area contributed by atoms with Crippen molar-refractivity contribution in [1.29, 1.82) is 0 Å². The van der Waals surface area contributed by atoms with E-state index >= 15 is 0 Å². The molecule has 0 spiro atoms. The topological polar surface area (TPSA) is 84.9 Å². The van der Waals surface area contributed by atoms with Crippen molar-refractivity contribution >= 4 is 25.7 Å². The molecule has 0 bridgehead atoms. The number of hydrogen-bond acceptors (Lipinski definition) is 4. The number of aromatic amines is 1. The standard InChI is InChI=1S/C23H27N6P/c1-4-7-15(8-5-2)21-18(6-3)22(24)29-23(28-21)19(13-27-29)16-9-10-20(30-14-16)17-11-25-26-12-17/h6,9-15H,3-5,7-8,24H2,1-2H3,(H,25,26). The average molecular weight is 418 g/mol. The lowest BCUT2D eigenvalue weighted by Gasteiger charge is -2.19. The second kappa shape index (κ2) is 8.80. The highest BCUT2D eigenvalue weighted by Gasteiger charge is 2.21. The first-order valence-corrected chi connectivity index (χ1v) is 11.4. The van der Waals surface area contributed by atoms with Gasteiger partial charge in [-0.2, -0.15) is 14.7 Å². The van der Waals surface area contributed by atoms with Gasteiger partial charge in [0.15, 0.2) is 5.65 Å². The van der Waals surface area contributed by atoms with Gasteiger partial charge in [-0.25, -0.2) is 4.98 Å². The lowest BCUT2D eigenvalue weighted by Crippen LogP contribution is -2.11. The second-order valence-corrected chi connectivity index (χ2v) is 8.49. The summed E-state index contributed by atoms with van der Waals surface area (Å²) in [6, 6.07) is 4.25. The van der Waals surface area contributed by atoms with E-state index in [4.69, 9.17) is 10.7 Å². The number of anilines is 1.